The Balaban J connectivity index is 1.86. The predicted octanol–water partition coefficient (Wildman–Crippen LogP) is 4.86. The van der Waals surface area contributed by atoms with E-state index in [1.54, 1.807) is 30.3 Å². The van der Waals surface area contributed by atoms with Gasteiger partial charge in [-0.25, -0.2) is 0 Å². The van der Waals surface area contributed by atoms with E-state index in [0.29, 0.717) is 23.6 Å². The number of carbonyl (C=O) groups is 2. The van der Waals surface area contributed by atoms with Crippen LogP contribution in [-0.4, -0.2) is 18.4 Å². The molecule has 0 bridgehead atoms. The Labute approximate surface area is 174 Å². The van der Waals surface area contributed by atoms with Crippen molar-refractivity contribution in [1.82, 2.24) is 5.32 Å². The van der Waals surface area contributed by atoms with Gasteiger partial charge >= 0.3 is 0 Å². The summed E-state index contributed by atoms with van der Waals surface area (Å²) >= 11 is 1.48. The number of hydrogen-bond donors (Lipinski definition) is 2. The van der Waals surface area contributed by atoms with E-state index >= 15 is 0 Å². The van der Waals surface area contributed by atoms with Crippen molar-refractivity contribution in [3.8, 4) is 5.75 Å². The van der Waals surface area contributed by atoms with Gasteiger partial charge in [-0.1, -0.05) is 35.9 Å². The van der Waals surface area contributed by atoms with Crippen molar-refractivity contribution in [2.75, 3.05) is 11.9 Å². The molecule has 6 heteroatoms. The third kappa shape index (κ3) is 5.56. The zero-order valence-electron chi connectivity index (χ0n) is 16.3. The summed E-state index contributed by atoms with van der Waals surface area (Å²) in [6, 6.07) is 18.2. The largest absolute Gasteiger partial charge is 0.492 e. The summed E-state index contributed by atoms with van der Waals surface area (Å²) < 4.78 is 5.57. The molecule has 3 rings (SSSR count). The summed E-state index contributed by atoms with van der Waals surface area (Å²) in [5, 5.41) is 7.49. The second kappa shape index (κ2) is 9.71. The molecule has 0 saturated heterocycles. The van der Waals surface area contributed by atoms with Crippen molar-refractivity contribution in [2.24, 2.45) is 0 Å². The lowest BCUT2D eigenvalue weighted by molar-refractivity contribution is -0.113. The maximum Gasteiger partial charge on any atom is 0.272 e. The molecule has 3 aromatic rings. The molecule has 0 aliphatic rings. The molecular weight excluding hydrogens is 384 g/mol. The number of anilines is 1. The maximum atomic E-state index is 13.0. The van der Waals surface area contributed by atoms with E-state index in [9.17, 15) is 9.59 Å². The van der Waals surface area contributed by atoms with Crippen LogP contribution in [0.15, 0.2) is 71.7 Å². The van der Waals surface area contributed by atoms with E-state index in [1.807, 2.05) is 55.6 Å². The van der Waals surface area contributed by atoms with Gasteiger partial charge in [0, 0.05) is 10.4 Å². The van der Waals surface area contributed by atoms with Gasteiger partial charge in [0.15, 0.2) is 0 Å². The van der Waals surface area contributed by atoms with E-state index in [-0.39, 0.29) is 11.6 Å². The second-order valence-corrected chi connectivity index (χ2v) is 7.26. The summed E-state index contributed by atoms with van der Waals surface area (Å²) in [5.74, 6) is -0.194. The van der Waals surface area contributed by atoms with Crippen LogP contribution < -0.4 is 15.4 Å². The fourth-order valence-electron chi connectivity index (χ4n) is 2.70. The van der Waals surface area contributed by atoms with E-state index in [4.69, 9.17) is 4.74 Å². The summed E-state index contributed by atoms with van der Waals surface area (Å²) in [5.41, 5.74) is 2.16. The molecule has 0 aliphatic carbocycles. The van der Waals surface area contributed by atoms with E-state index < -0.39 is 5.91 Å². The van der Waals surface area contributed by atoms with E-state index in [1.165, 1.54) is 11.3 Å². The van der Waals surface area contributed by atoms with Crippen LogP contribution in [0.1, 0.15) is 27.7 Å². The van der Waals surface area contributed by atoms with Gasteiger partial charge in [-0.3, -0.25) is 9.59 Å². The molecule has 5 nitrogen and oxygen atoms in total. The lowest BCUT2D eigenvalue weighted by atomic mass is 10.1. The molecule has 2 aromatic carbocycles. The molecule has 0 atom stereocenters. The van der Waals surface area contributed by atoms with Crippen molar-refractivity contribution in [1.29, 1.82) is 0 Å². The highest BCUT2D eigenvalue weighted by molar-refractivity contribution is 7.10. The zero-order valence-corrected chi connectivity index (χ0v) is 17.1. The minimum atomic E-state index is -0.424. The minimum absolute atomic E-state index is 0.158. The van der Waals surface area contributed by atoms with Gasteiger partial charge < -0.3 is 15.4 Å². The van der Waals surface area contributed by atoms with Crippen molar-refractivity contribution in [2.45, 2.75) is 13.8 Å². The van der Waals surface area contributed by atoms with Gasteiger partial charge in [-0.15, -0.1) is 11.3 Å². The number of para-hydroxylation sites is 2. The quantitative estimate of drug-likeness (QED) is 0.551. The highest BCUT2D eigenvalue weighted by atomic mass is 32.1. The number of hydrogen-bond acceptors (Lipinski definition) is 4. The molecule has 148 valence electrons. The average Bonchev–Trinajstić information content (AvgIpc) is 3.22. The Kier molecular flexibility index (Phi) is 6.81. The Morgan fingerprint density at radius 3 is 2.62 bits per heavy atom. The highest BCUT2D eigenvalue weighted by Gasteiger charge is 2.17. The number of thiophene rings is 1. The smallest absolute Gasteiger partial charge is 0.272 e. The number of rotatable bonds is 7. The molecule has 0 radical (unpaired) electrons. The van der Waals surface area contributed by atoms with Crippen LogP contribution in [0.25, 0.3) is 6.08 Å². The molecule has 0 spiro atoms. The number of benzene rings is 2. The first kappa shape index (κ1) is 20.4. The normalized spacial score (nSPS) is 11.0. The Bertz CT molecular complexity index is 1030. The number of ether oxygens (including phenoxy) is 1. The molecule has 0 aliphatic heterocycles. The van der Waals surface area contributed by atoms with Crippen LogP contribution in [0.2, 0.25) is 0 Å². The van der Waals surface area contributed by atoms with Crippen molar-refractivity contribution in [3.63, 3.8) is 0 Å². The minimum Gasteiger partial charge on any atom is -0.492 e. The third-order valence-corrected chi connectivity index (χ3v) is 4.86. The lowest BCUT2D eigenvalue weighted by Gasteiger charge is -2.14. The molecule has 0 fully saturated rings. The van der Waals surface area contributed by atoms with Gasteiger partial charge in [0.1, 0.15) is 11.4 Å². The van der Waals surface area contributed by atoms with Gasteiger partial charge in [0.25, 0.3) is 11.8 Å². The zero-order chi connectivity index (χ0) is 20.6. The first-order chi connectivity index (χ1) is 14.1. The van der Waals surface area contributed by atoms with Crippen molar-refractivity contribution in [3.05, 3.63) is 87.7 Å². The lowest BCUT2D eigenvalue weighted by Crippen LogP contribution is -2.30. The maximum absolute atomic E-state index is 13.0. The van der Waals surface area contributed by atoms with Crippen LogP contribution in [0.4, 0.5) is 5.69 Å². The summed E-state index contributed by atoms with van der Waals surface area (Å²) in [4.78, 5) is 26.6. The molecule has 29 heavy (non-hydrogen) atoms. The number of amides is 2. The molecule has 1 heterocycles. The topological polar surface area (TPSA) is 67.4 Å². The molecule has 1 aromatic heterocycles. The van der Waals surface area contributed by atoms with E-state index in [2.05, 4.69) is 10.6 Å². The summed E-state index contributed by atoms with van der Waals surface area (Å²) in [6.07, 6.45) is 1.66. The standard InChI is InChI=1S/C23H22N2O3S/c1-3-28-21-12-5-4-11-19(21)24-23(27)20(15-18-10-7-13-29-18)25-22(26)17-9-6-8-16(2)14-17/h4-15H,3H2,1-2H3,(H,24,27)(H,25,26)/b20-15-. The number of aryl methyl sites for hydroxylation is 1. The van der Waals surface area contributed by atoms with Crippen molar-refractivity contribution >= 4 is 34.9 Å². The third-order valence-electron chi connectivity index (χ3n) is 4.04. The molecule has 2 N–H and O–H groups in total. The average molecular weight is 407 g/mol. The first-order valence-electron chi connectivity index (χ1n) is 9.23. The predicted molar refractivity (Wildman–Crippen MR) is 117 cm³/mol. The summed E-state index contributed by atoms with van der Waals surface area (Å²) in [6.45, 7) is 4.27. The van der Waals surface area contributed by atoms with Gasteiger partial charge in [-0.05, 0) is 55.6 Å². The fraction of sp³-hybridized carbons (Fsp3) is 0.130. The second-order valence-electron chi connectivity index (χ2n) is 6.28. The van der Waals surface area contributed by atoms with Crippen LogP contribution in [0.5, 0.6) is 5.75 Å². The number of nitrogens with one attached hydrogen (secondary N) is 2. The van der Waals surface area contributed by atoms with Gasteiger partial charge in [0.2, 0.25) is 0 Å². The molecular formula is C23H22N2O3S. The Hall–Kier alpha value is -3.38. The molecule has 0 unspecified atom stereocenters. The molecule has 2 amide bonds. The SMILES string of the molecule is CCOc1ccccc1NC(=O)/C(=C/c1cccs1)NC(=O)c1cccc(C)c1. The van der Waals surface area contributed by atoms with Crippen LogP contribution in [0.3, 0.4) is 0 Å². The van der Waals surface area contributed by atoms with Crippen LogP contribution in [0, 0.1) is 6.92 Å². The van der Waals surface area contributed by atoms with Crippen LogP contribution in [-0.2, 0) is 4.79 Å². The summed E-state index contributed by atoms with van der Waals surface area (Å²) in [7, 11) is 0. The van der Waals surface area contributed by atoms with E-state index in [0.717, 1.165) is 10.4 Å². The Morgan fingerprint density at radius 1 is 1.07 bits per heavy atom. The first-order valence-corrected chi connectivity index (χ1v) is 10.1. The van der Waals surface area contributed by atoms with Gasteiger partial charge in [0.05, 0.1) is 12.3 Å². The van der Waals surface area contributed by atoms with Gasteiger partial charge in [-0.2, -0.15) is 0 Å². The Morgan fingerprint density at radius 2 is 1.90 bits per heavy atom. The molecule has 0 saturated carbocycles. The number of carbonyl (C=O) groups excluding carboxylic acids is 2. The monoisotopic (exact) mass is 406 g/mol. The van der Waals surface area contributed by atoms with Crippen molar-refractivity contribution < 1.29 is 14.3 Å². The highest BCUT2D eigenvalue weighted by Crippen LogP contribution is 2.24. The fourth-order valence-corrected chi connectivity index (χ4v) is 3.35. The van der Waals surface area contributed by atoms with Crippen LogP contribution >= 0.6 is 11.3 Å².